The summed E-state index contributed by atoms with van der Waals surface area (Å²) < 4.78 is 0. The first-order valence-electron chi connectivity index (χ1n) is 6.19. The zero-order valence-electron chi connectivity index (χ0n) is 11.1. The molecule has 2 heteroatoms. The van der Waals surface area contributed by atoms with Gasteiger partial charge in [-0.3, -0.25) is 4.98 Å². The van der Waals surface area contributed by atoms with Gasteiger partial charge in [0.25, 0.3) is 0 Å². The van der Waals surface area contributed by atoms with Crippen molar-refractivity contribution in [1.82, 2.24) is 4.98 Å². The van der Waals surface area contributed by atoms with Gasteiger partial charge in [-0.2, -0.15) is 0 Å². The first kappa shape index (κ1) is 13.3. The van der Waals surface area contributed by atoms with E-state index in [-0.39, 0.29) is 0 Å². The average molecular weight is 304 g/mol. The maximum atomic E-state index is 4.46. The summed E-state index contributed by atoms with van der Waals surface area (Å²) in [5, 5.41) is 0. The number of rotatable bonds is 3. The SMILES string of the molecule is Cc1cc(C)cc(C(Br)Cc2ncccc2C)c1. The van der Waals surface area contributed by atoms with Gasteiger partial charge in [-0.15, -0.1) is 0 Å². The summed E-state index contributed by atoms with van der Waals surface area (Å²) in [6, 6.07) is 10.8. The van der Waals surface area contributed by atoms with Crippen molar-refractivity contribution in [2.24, 2.45) is 0 Å². The fraction of sp³-hybridized carbons (Fsp3) is 0.312. The zero-order valence-corrected chi connectivity index (χ0v) is 12.7. The van der Waals surface area contributed by atoms with Crippen molar-refractivity contribution in [3.8, 4) is 0 Å². The highest BCUT2D eigenvalue weighted by Crippen LogP contribution is 2.28. The Bertz CT molecular complexity index is 528. The fourth-order valence-corrected chi connectivity index (χ4v) is 2.78. The van der Waals surface area contributed by atoms with Crippen LogP contribution in [0.4, 0.5) is 0 Å². The molecule has 0 spiro atoms. The maximum Gasteiger partial charge on any atom is 0.0450 e. The van der Waals surface area contributed by atoms with Crippen LogP contribution in [0.2, 0.25) is 0 Å². The monoisotopic (exact) mass is 303 g/mol. The highest BCUT2D eigenvalue weighted by Gasteiger charge is 2.11. The molecule has 0 radical (unpaired) electrons. The number of nitrogens with zero attached hydrogens (tertiary/aromatic N) is 1. The Morgan fingerprint density at radius 2 is 1.78 bits per heavy atom. The highest BCUT2D eigenvalue weighted by molar-refractivity contribution is 9.09. The molecule has 1 aromatic carbocycles. The average Bonchev–Trinajstić information content (AvgIpc) is 2.31. The minimum absolute atomic E-state index is 0.324. The first-order valence-corrected chi connectivity index (χ1v) is 7.10. The zero-order chi connectivity index (χ0) is 13.1. The van der Waals surface area contributed by atoms with Crippen LogP contribution in [0.3, 0.4) is 0 Å². The number of hydrogen-bond donors (Lipinski definition) is 0. The van der Waals surface area contributed by atoms with Gasteiger partial charge in [-0.1, -0.05) is 51.3 Å². The molecular weight excluding hydrogens is 286 g/mol. The van der Waals surface area contributed by atoms with Crippen molar-refractivity contribution in [2.75, 3.05) is 0 Å². The number of pyridine rings is 1. The van der Waals surface area contributed by atoms with Gasteiger partial charge >= 0.3 is 0 Å². The third-order valence-electron chi connectivity index (χ3n) is 3.10. The number of alkyl halides is 1. The van der Waals surface area contributed by atoms with Crippen molar-refractivity contribution in [3.63, 3.8) is 0 Å². The Hall–Kier alpha value is -1.15. The van der Waals surface area contributed by atoms with E-state index in [0.717, 1.165) is 6.42 Å². The Balaban J connectivity index is 2.22. The number of halogens is 1. The molecule has 0 aliphatic heterocycles. The number of aromatic nitrogens is 1. The number of aryl methyl sites for hydroxylation is 3. The van der Waals surface area contributed by atoms with Gasteiger partial charge in [0.15, 0.2) is 0 Å². The Morgan fingerprint density at radius 3 is 2.39 bits per heavy atom. The minimum atomic E-state index is 0.324. The summed E-state index contributed by atoms with van der Waals surface area (Å²) in [7, 11) is 0. The van der Waals surface area contributed by atoms with Crippen LogP contribution in [-0.2, 0) is 6.42 Å². The third-order valence-corrected chi connectivity index (χ3v) is 3.95. The molecule has 2 aromatic rings. The molecule has 1 aromatic heterocycles. The van der Waals surface area contributed by atoms with E-state index in [2.05, 4.69) is 66.0 Å². The summed E-state index contributed by atoms with van der Waals surface area (Å²) >= 11 is 3.79. The van der Waals surface area contributed by atoms with Crippen molar-refractivity contribution in [3.05, 3.63) is 64.5 Å². The lowest BCUT2D eigenvalue weighted by Crippen LogP contribution is -2.00. The number of benzene rings is 1. The van der Waals surface area contributed by atoms with Crippen LogP contribution in [-0.4, -0.2) is 4.98 Å². The van der Waals surface area contributed by atoms with Crippen LogP contribution in [0.5, 0.6) is 0 Å². The molecule has 1 heterocycles. The van der Waals surface area contributed by atoms with E-state index in [0.29, 0.717) is 4.83 Å². The van der Waals surface area contributed by atoms with Crippen molar-refractivity contribution in [1.29, 1.82) is 0 Å². The van der Waals surface area contributed by atoms with E-state index in [1.807, 2.05) is 12.3 Å². The van der Waals surface area contributed by atoms with E-state index in [1.54, 1.807) is 0 Å². The second kappa shape index (κ2) is 5.66. The molecule has 0 amide bonds. The Kier molecular flexibility index (Phi) is 4.18. The summed E-state index contributed by atoms with van der Waals surface area (Å²) in [6.07, 6.45) is 2.79. The van der Waals surface area contributed by atoms with E-state index < -0.39 is 0 Å². The van der Waals surface area contributed by atoms with Gasteiger partial charge in [0, 0.05) is 23.1 Å². The van der Waals surface area contributed by atoms with E-state index in [1.165, 1.54) is 27.9 Å². The van der Waals surface area contributed by atoms with Crippen LogP contribution in [0, 0.1) is 20.8 Å². The smallest absolute Gasteiger partial charge is 0.0450 e. The standard InChI is InChI=1S/C16H18BrN/c1-11-7-12(2)9-14(8-11)15(17)10-16-13(3)5-4-6-18-16/h4-9,15H,10H2,1-3H3. The number of hydrogen-bond acceptors (Lipinski definition) is 1. The highest BCUT2D eigenvalue weighted by atomic mass is 79.9. The normalized spacial score (nSPS) is 12.4. The lowest BCUT2D eigenvalue weighted by Gasteiger charge is -2.13. The van der Waals surface area contributed by atoms with Gasteiger partial charge in [0.2, 0.25) is 0 Å². The molecule has 0 saturated heterocycles. The second-order valence-corrected chi connectivity index (χ2v) is 5.97. The first-order chi connectivity index (χ1) is 8.56. The molecule has 0 aliphatic rings. The molecule has 1 nitrogen and oxygen atoms in total. The molecule has 0 N–H and O–H groups in total. The molecule has 1 unspecified atom stereocenters. The van der Waals surface area contributed by atoms with Crippen molar-refractivity contribution in [2.45, 2.75) is 32.0 Å². The predicted molar refractivity (Wildman–Crippen MR) is 80.3 cm³/mol. The van der Waals surface area contributed by atoms with Crippen LogP contribution in [0.25, 0.3) is 0 Å². The minimum Gasteiger partial charge on any atom is -0.261 e. The summed E-state index contributed by atoms with van der Waals surface area (Å²) in [5.41, 5.74) is 6.38. The third kappa shape index (κ3) is 3.20. The lowest BCUT2D eigenvalue weighted by molar-refractivity contribution is 0.889. The lowest BCUT2D eigenvalue weighted by atomic mass is 10.0. The predicted octanol–water partition coefficient (Wildman–Crippen LogP) is 4.69. The molecule has 0 aliphatic carbocycles. The van der Waals surface area contributed by atoms with Crippen molar-refractivity contribution < 1.29 is 0 Å². The van der Waals surface area contributed by atoms with E-state index in [9.17, 15) is 0 Å². The molecule has 18 heavy (non-hydrogen) atoms. The summed E-state index contributed by atoms with van der Waals surface area (Å²) in [5.74, 6) is 0. The summed E-state index contributed by atoms with van der Waals surface area (Å²) in [6.45, 7) is 6.40. The molecule has 1 atom stereocenters. The molecule has 0 fully saturated rings. The Morgan fingerprint density at radius 1 is 1.11 bits per heavy atom. The molecule has 2 rings (SSSR count). The van der Waals surface area contributed by atoms with E-state index >= 15 is 0 Å². The van der Waals surface area contributed by atoms with Crippen LogP contribution >= 0.6 is 15.9 Å². The quantitative estimate of drug-likeness (QED) is 0.750. The molecular formula is C16H18BrN. The van der Waals surface area contributed by atoms with Gasteiger partial charge in [-0.25, -0.2) is 0 Å². The molecule has 0 saturated carbocycles. The Labute approximate surface area is 117 Å². The van der Waals surface area contributed by atoms with Gasteiger partial charge < -0.3 is 0 Å². The largest absolute Gasteiger partial charge is 0.261 e. The van der Waals surface area contributed by atoms with Crippen molar-refractivity contribution >= 4 is 15.9 Å². The van der Waals surface area contributed by atoms with Gasteiger partial charge in [0.05, 0.1) is 0 Å². The van der Waals surface area contributed by atoms with Crippen LogP contribution in [0.15, 0.2) is 36.5 Å². The maximum absolute atomic E-state index is 4.46. The molecule has 0 bridgehead atoms. The van der Waals surface area contributed by atoms with Gasteiger partial charge in [-0.05, 0) is 38.0 Å². The molecule has 94 valence electrons. The second-order valence-electron chi connectivity index (χ2n) is 4.86. The van der Waals surface area contributed by atoms with Crippen LogP contribution in [0.1, 0.15) is 32.8 Å². The van der Waals surface area contributed by atoms with Gasteiger partial charge in [0.1, 0.15) is 0 Å². The fourth-order valence-electron chi connectivity index (χ4n) is 2.21. The summed E-state index contributed by atoms with van der Waals surface area (Å²) in [4.78, 5) is 4.78. The van der Waals surface area contributed by atoms with Crippen LogP contribution < -0.4 is 0 Å². The topological polar surface area (TPSA) is 12.9 Å². The van der Waals surface area contributed by atoms with E-state index in [4.69, 9.17) is 0 Å².